The van der Waals surface area contributed by atoms with Crippen molar-refractivity contribution in [1.82, 2.24) is 0 Å². The molecule has 0 N–H and O–H groups in total. The molecule has 0 fully saturated rings. The Bertz CT molecular complexity index is 618. The molecule has 2 rings (SSSR count). The zero-order chi connectivity index (χ0) is 16.0. The fraction of sp³-hybridized carbons (Fsp3) is 0.263. The normalized spacial score (nSPS) is 14.5. The van der Waals surface area contributed by atoms with Gasteiger partial charge >= 0.3 is 0 Å². The Hall–Kier alpha value is -1.74. The van der Waals surface area contributed by atoms with Gasteiger partial charge in [-0.15, -0.1) is 0 Å². The molecule has 0 spiro atoms. The van der Waals surface area contributed by atoms with Gasteiger partial charge in [0.1, 0.15) is 11.4 Å². The number of thioether (sulfide) groups is 1. The number of hydrogen-bond donors (Lipinski definition) is 0. The van der Waals surface area contributed by atoms with E-state index in [0.717, 1.165) is 16.2 Å². The summed E-state index contributed by atoms with van der Waals surface area (Å²) < 4.78 is 20.1. The second-order valence-corrected chi connectivity index (χ2v) is 6.18. The minimum atomic E-state index is -1.36. The highest BCUT2D eigenvalue weighted by atomic mass is 32.2. The van der Waals surface area contributed by atoms with Crippen molar-refractivity contribution in [3.63, 3.8) is 0 Å². The van der Waals surface area contributed by atoms with E-state index in [-0.39, 0.29) is 0 Å². The highest BCUT2D eigenvalue weighted by Gasteiger charge is 2.27. The summed E-state index contributed by atoms with van der Waals surface area (Å²) >= 11 is 1.54. The van der Waals surface area contributed by atoms with Gasteiger partial charge in [-0.05, 0) is 48.6 Å². The van der Waals surface area contributed by atoms with Crippen molar-refractivity contribution >= 4 is 17.3 Å². The minimum absolute atomic E-state index is 0.431. The molecule has 1 atom stereocenters. The van der Waals surface area contributed by atoms with Gasteiger partial charge in [-0.25, -0.2) is 4.39 Å². The van der Waals surface area contributed by atoms with Crippen LogP contribution < -0.4 is 4.74 Å². The van der Waals surface area contributed by atoms with E-state index in [9.17, 15) is 4.39 Å². The van der Waals surface area contributed by atoms with Crippen LogP contribution in [0.15, 0.2) is 64.9 Å². The number of benzene rings is 2. The van der Waals surface area contributed by atoms with Gasteiger partial charge in [-0.2, -0.15) is 0 Å². The van der Waals surface area contributed by atoms with Crippen LogP contribution in [0.1, 0.15) is 25.8 Å². The van der Waals surface area contributed by atoms with E-state index in [0.29, 0.717) is 12.0 Å². The van der Waals surface area contributed by atoms with E-state index in [1.807, 2.05) is 66.9 Å². The molecule has 3 heteroatoms. The van der Waals surface area contributed by atoms with Crippen LogP contribution in [0.3, 0.4) is 0 Å². The summed E-state index contributed by atoms with van der Waals surface area (Å²) in [5.41, 5.74) is 0.221. The van der Waals surface area contributed by atoms with Crippen molar-refractivity contribution in [3.8, 4) is 5.75 Å². The van der Waals surface area contributed by atoms with Gasteiger partial charge in [0.15, 0.2) is 0 Å². The average molecular weight is 316 g/mol. The van der Waals surface area contributed by atoms with Crippen LogP contribution in [0.25, 0.3) is 5.57 Å². The van der Waals surface area contributed by atoms with E-state index in [4.69, 9.17) is 4.74 Å². The molecule has 0 heterocycles. The summed E-state index contributed by atoms with van der Waals surface area (Å²) in [7, 11) is 1.63. The fourth-order valence-electron chi connectivity index (χ4n) is 2.08. The Labute approximate surface area is 136 Å². The Balaban J connectivity index is 2.33. The van der Waals surface area contributed by atoms with Crippen LogP contribution >= 0.6 is 11.8 Å². The molecule has 0 saturated carbocycles. The summed E-state index contributed by atoms with van der Waals surface area (Å²) in [6, 6.07) is 17.5. The Morgan fingerprint density at radius 3 is 2.32 bits per heavy atom. The average Bonchev–Trinajstić information content (AvgIpc) is 2.56. The predicted molar refractivity (Wildman–Crippen MR) is 93.1 cm³/mol. The lowest BCUT2D eigenvalue weighted by Crippen LogP contribution is -2.18. The summed E-state index contributed by atoms with van der Waals surface area (Å²) in [6.07, 6.45) is 0.431. The number of halogens is 1. The molecule has 116 valence electrons. The first-order chi connectivity index (χ1) is 10.6. The van der Waals surface area contributed by atoms with Crippen LogP contribution in [-0.2, 0) is 0 Å². The van der Waals surface area contributed by atoms with Crippen molar-refractivity contribution in [2.24, 2.45) is 0 Å². The monoisotopic (exact) mass is 316 g/mol. The highest BCUT2D eigenvalue weighted by molar-refractivity contribution is 8.02. The van der Waals surface area contributed by atoms with E-state index < -0.39 is 5.67 Å². The zero-order valence-electron chi connectivity index (χ0n) is 13.2. The number of hydrogen-bond acceptors (Lipinski definition) is 2. The second kappa shape index (κ2) is 7.50. The van der Waals surface area contributed by atoms with Gasteiger partial charge in [0.25, 0.3) is 0 Å². The standard InChI is InChI=1S/C19H21FOS/c1-4-19(2,20)18(14-22-17-8-6-5-7-9-17)15-10-12-16(21-3)13-11-15/h5-14H,4H2,1-3H3. The molecule has 22 heavy (non-hydrogen) atoms. The minimum Gasteiger partial charge on any atom is -0.497 e. The maximum atomic E-state index is 14.9. The first-order valence-corrected chi connectivity index (χ1v) is 8.20. The second-order valence-electron chi connectivity index (χ2n) is 5.24. The van der Waals surface area contributed by atoms with Crippen LogP contribution in [0, 0.1) is 0 Å². The van der Waals surface area contributed by atoms with Crippen molar-refractivity contribution in [2.75, 3.05) is 7.11 Å². The Morgan fingerprint density at radius 2 is 1.77 bits per heavy atom. The molecule has 0 aliphatic heterocycles. The molecular formula is C19H21FOS. The number of rotatable bonds is 6. The van der Waals surface area contributed by atoms with Gasteiger partial charge in [0, 0.05) is 10.5 Å². The molecule has 0 aromatic heterocycles. The van der Waals surface area contributed by atoms with Crippen molar-refractivity contribution in [2.45, 2.75) is 30.8 Å². The van der Waals surface area contributed by atoms with Gasteiger partial charge in [-0.1, -0.05) is 49.0 Å². The SMILES string of the molecule is CCC(C)(F)C(=CSc1ccccc1)c1ccc(OC)cc1. The van der Waals surface area contributed by atoms with Crippen molar-refractivity contribution in [1.29, 1.82) is 0 Å². The molecule has 0 aliphatic carbocycles. The number of alkyl halides is 1. The summed E-state index contributed by atoms with van der Waals surface area (Å²) in [4.78, 5) is 1.10. The molecule has 0 radical (unpaired) electrons. The zero-order valence-corrected chi connectivity index (χ0v) is 14.0. The number of methoxy groups -OCH3 is 1. The maximum absolute atomic E-state index is 14.9. The quantitative estimate of drug-likeness (QED) is 0.607. The van der Waals surface area contributed by atoms with Crippen LogP contribution in [0.2, 0.25) is 0 Å². The topological polar surface area (TPSA) is 9.23 Å². The van der Waals surface area contributed by atoms with Gasteiger partial charge in [0.2, 0.25) is 0 Å². The van der Waals surface area contributed by atoms with Crippen molar-refractivity contribution < 1.29 is 9.13 Å². The molecule has 2 aromatic rings. The van der Waals surface area contributed by atoms with Crippen molar-refractivity contribution in [3.05, 3.63) is 65.6 Å². The molecule has 1 unspecified atom stereocenters. The first kappa shape index (κ1) is 16.6. The molecule has 0 saturated heterocycles. The van der Waals surface area contributed by atoms with Gasteiger partial charge < -0.3 is 4.74 Å². The van der Waals surface area contributed by atoms with Crippen LogP contribution in [-0.4, -0.2) is 12.8 Å². The van der Waals surface area contributed by atoms with E-state index >= 15 is 0 Å². The van der Waals surface area contributed by atoms with E-state index in [1.54, 1.807) is 25.8 Å². The lowest BCUT2D eigenvalue weighted by Gasteiger charge is -2.23. The third-order valence-corrected chi connectivity index (χ3v) is 4.58. The lowest BCUT2D eigenvalue weighted by molar-refractivity contribution is 0.263. The highest BCUT2D eigenvalue weighted by Crippen LogP contribution is 2.37. The lowest BCUT2D eigenvalue weighted by atomic mass is 9.90. The van der Waals surface area contributed by atoms with Gasteiger partial charge in [-0.3, -0.25) is 0 Å². The molecule has 0 aliphatic rings. The third kappa shape index (κ3) is 4.14. The third-order valence-electron chi connectivity index (χ3n) is 3.68. The summed E-state index contributed by atoms with van der Waals surface area (Å²) in [5.74, 6) is 0.774. The molecule has 2 aromatic carbocycles. The molecular weight excluding hydrogens is 295 g/mol. The fourth-order valence-corrected chi connectivity index (χ4v) is 3.03. The predicted octanol–water partition coefficient (Wildman–Crippen LogP) is 5.97. The van der Waals surface area contributed by atoms with E-state index in [2.05, 4.69) is 0 Å². The Morgan fingerprint density at radius 1 is 1.14 bits per heavy atom. The largest absolute Gasteiger partial charge is 0.497 e. The van der Waals surface area contributed by atoms with Crippen LogP contribution in [0.5, 0.6) is 5.75 Å². The smallest absolute Gasteiger partial charge is 0.134 e. The Kier molecular flexibility index (Phi) is 5.67. The summed E-state index contributed by atoms with van der Waals surface area (Å²) in [6.45, 7) is 3.50. The number of allylic oxidation sites excluding steroid dienone is 1. The van der Waals surface area contributed by atoms with Crippen LogP contribution in [0.4, 0.5) is 4.39 Å². The number of ether oxygens (including phenoxy) is 1. The molecule has 0 amide bonds. The van der Waals surface area contributed by atoms with E-state index in [1.165, 1.54) is 0 Å². The molecule has 1 nitrogen and oxygen atoms in total. The first-order valence-electron chi connectivity index (χ1n) is 7.32. The molecule has 0 bridgehead atoms. The van der Waals surface area contributed by atoms with Gasteiger partial charge in [0.05, 0.1) is 7.11 Å². The maximum Gasteiger partial charge on any atom is 0.134 e. The summed E-state index contributed by atoms with van der Waals surface area (Å²) in [5, 5.41) is 1.92.